The lowest BCUT2D eigenvalue weighted by molar-refractivity contribution is 0.241. The van der Waals surface area contributed by atoms with E-state index in [2.05, 4.69) is 16.1 Å². The number of thiazole rings is 1. The van der Waals surface area contributed by atoms with Gasteiger partial charge in [0.1, 0.15) is 11.4 Å². The van der Waals surface area contributed by atoms with E-state index < -0.39 is 0 Å². The van der Waals surface area contributed by atoms with Crippen LogP contribution in [0.15, 0.2) is 89.9 Å². The van der Waals surface area contributed by atoms with Crippen molar-refractivity contribution in [1.82, 2.24) is 24.4 Å². The van der Waals surface area contributed by atoms with Gasteiger partial charge in [-0.2, -0.15) is 14.6 Å². The van der Waals surface area contributed by atoms with E-state index in [9.17, 15) is 4.79 Å². The van der Waals surface area contributed by atoms with Crippen LogP contribution >= 0.6 is 11.3 Å². The molecule has 198 valence electrons. The Hall–Kier alpha value is -4.82. The van der Waals surface area contributed by atoms with Gasteiger partial charge in [-0.15, -0.1) is 5.10 Å². The zero-order valence-corrected chi connectivity index (χ0v) is 23.2. The van der Waals surface area contributed by atoms with Gasteiger partial charge in [0.05, 0.1) is 16.3 Å². The Morgan fingerprint density at radius 1 is 0.925 bits per heavy atom. The second-order valence-corrected chi connectivity index (χ2v) is 10.7. The van der Waals surface area contributed by atoms with Crippen LogP contribution in [-0.2, 0) is 0 Å². The number of fused-ring (bicyclic) bond motifs is 1. The first kappa shape index (κ1) is 25.5. The lowest BCUT2D eigenvalue weighted by atomic mass is 10.0. The van der Waals surface area contributed by atoms with E-state index in [1.54, 1.807) is 0 Å². The molecule has 3 aromatic heterocycles. The van der Waals surface area contributed by atoms with Gasteiger partial charge in [-0.3, -0.25) is 4.79 Å². The molecule has 0 aliphatic heterocycles. The van der Waals surface area contributed by atoms with Crippen molar-refractivity contribution >= 4 is 34.5 Å². The summed E-state index contributed by atoms with van der Waals surface area (Å²) in [6.45, 7) is 6.05. The van der Waals surface area contributed by atoms with Crippen molar-refractivity contribution in [1.29, 1.82) is 0 Å². The molecule has 0 unspecified atom stereocenters. The van der Waals surface area contributed by atoms with Crippen LogP contribution in [0.2, 0.25) is 0 Å². The monoisotopic (exact) mass is 545 g/mol. The fraction of sp³-hybridized carbons (Fsp3) is 0.125. The summed E-state index contributed by atoms with van der Waals surface area (Å²) in [5, 5.41) is 9.35. The number of nitrogens with zero attached hydrogens (tertiary/aromatic N) is 5. The summed E-state index contributed by atoms with van der Waals surface area (Å²) in [6.07, 6.45) is 7.65. The van der Waals surface area contributed by atoms with Gasteiger partial charge in [0, 0.05) is 17.3 Å². The van der Waals surface area contributed by atoms with Crippen molar-refractivity contribution in [3.8, 4) is 22.7 Å². The van der Waals surface area contributed by atoms with E-state index in [0.717, 1.165) is 39.4 Å². The number of hydrogen-bond donors (Lipinski definition) is 0. The van der Waals surface area contributed by atoms with Gasteiger partial charge < -0.3 is 4.74 Å². The molecule has 0 fully saturated rings. The number of aromatic nitrogens is 5. The van der Waals surface area contributed by atoms with Crippen LogP contribution in [0.25, 0.3) is 40.1 Å². The molecule has 3 aromatic carbocycles. The van der Waals surface area contributed by atoms with Gasteiger partial charge in [-0.05, 0) is 74.4 Å². The maximum Gasteiger partial charge on any atom is 0.291 e. The van der Waals surface area contributed by atoms with Crippen molar-refractivity contribution in [2.24, 2.45) is 0 Å². The number of ether oxygens (including phenoxy) is 1. The molecule has 3 heterocycles. The van der Waals surface area contributed by atoms with E-state index in [4.69, 9.17) is 9.84 Å². The molecule has 7 nitrogen and oxygen atoms in total. The predicted molar refractivity (Wildman–Crippen MR) is 161 cm³/mol. The van der Waals surface area contributed by atoms with Gasteiger partial charge in [0.15, 0.2) is 5.82 Å². The van der Waals surface area contributed by atoms with E-state index >= 15 is 0 Å². The molecule has 0 aliphatic rings. The highest BCUT2D eigenvalue weighted by atomic mass is 32.1. The second-order valence-electron chi connectivity index (χ2n) is 9.68. The molecular weight excluding hydrogens is 518 g/mol. The maximum absolute atomic E-state index is 13.3. The molecule has 0 amide bonds. The molecule has 0 spiro atoms. The third-order valence-corrected chi connectivity index (χ3v) is 7.24. The maximum atomic E-state index is 13.3. The average Bonchev–Trinajstić information content (AvgIpc) is 3.64. The molecule has 40 heavy (non-hydrogen) atoms. The number of hydrogen-bond acceptors (Lipinski definition) is 6. The highest BCUT2D eigenvalue weighted by Crippen LogP contribution is 2.29. The highest BCUT2D eigenvalue weighted by molar-refractivity contribution is 7.15. The van der Waals surface area contributed by atoms with Crippen LogP contribution < -0.4 is 14.8 Å². The minimum absolute atomic E-state index is 0.0851. The van der Waals surface area contributed by atoms with Crippen LogP contribution in [0.5, 0.6) is 5.75 Å². The van der Waals surface area contributed by atoms with E-state index in [-0.39, 0.29) is 11.7 Å². The zero-order valence-electron chi connectivity index (χ0n) is 22.4. The Morgan fingerprint density at radius 3 is 2.38 bits per heavy atom. The molecule has 0 aliphatic carbocycles. The summed E-state index contributed by atoms with van der Waals surface area (Å²) in [5.74, 6) is 1.34. The Balaban J connectivity index is 1.42. The first-order valence-corrected chi connectivity index (χ1v) is 13.8. The van der Waals surface area contributed by atoms with Crippen LogP contribution in [0.4, 0.5) is 0 Å². The van der Waals surface area contributed by atoms with Crippen LogP contribution in [0, 0.1) is 6.92 Å². The first-order valence-electron chi connectivity index (χ1n) is 13.0. The summed E-state index contributed by atoms with van der Waals surface area (Å²) >= 11 is 1.31. The highest BCUT2D eigenvalue weighted by Gasteiger charge is 2.15. The largest absolute Gasteiger partial charge is 0.491 e. The molecule has 6 rings (SSSR count). The SMILES string of the molecule is Cc1cc(-c2nn(-c3ccccc3)cc2/C=c2\sc3nc(/C=C/c4ccccc4)nn3c2=O)ccc1OC(C)C. The molecule has 8 heteroatoms. The summed E-state index contributed by atoms with van der Waals surface area (Å²) in [6, 6.07) is 25.9. The van der Waals surface area contributed by atoms with Crippen LogP contribution in [0.1, 0.15) is 36.4 Å². The normalized spacial score (nSPS) is 12.2. The fourth-order valence-electron chi connectivity index (χ4n) is 4.41. The number of para-hydroxylation sites is 1. The molecule has 0 atom stereocenters. The zero-order chi connectivity index (χ0) is 27.6. The molecular formula is C32H27N5O2S. The summed E-state index contributed by atoms with van der Waals surface area (Å²) < 4.78 is 9.68. The smallest absolute Gasteiger partial charge is 0.291 e. The van der Waals surface area contributed by atoms with Crippen molar-refractivity contribution in [2.45, 2.75) is 26.9 Å². The van der Waals surface area contributed by atoms with E-state index in [1.165, 1.54) is 15.9 Å². The predicted octanol–water partition coefficient (Wildman–Crippen LogP) is 5.82. The van der Waals surface area contributed by atoms with Crippen LogP contribution in [0.3, 0.4) is 0 Å². The quantitative estimate of drug-likeness (QED) is 0.253. The minimum atomic E-state index is -0.206. The number of aryl methyl sites for hydroxylation is 1. The van der Waals surface area contributed by atoms with Crippen LogP contribution in [-0.4, -0.2) is 30.5 Å². The average molecular weight is 546 g/mol. The molecule has 0 bridgehead atoms. The number of benzene rings is 3. The molecule has 0 N–H and O–H groups in total. The van der Waals surface area contributed by atoms with Gasteiger partial charge >= 0.3 is 0 Å². The second kappa shape index (κ2) is 10.7. The van der Waals surface area contributed by atoms with Gasteiger partial charge in [-0.25, -0.2) is 4.68 Å². The topological polar surface area (TPSA) is 74.3 Å². The van der Waals surface area contributed by atoms with Gasteiger partial charge in [0.25, 0.3) is 5.56 Å². The minimum Gasteiger partial charge on any atom is -0.491 e. The third-order valence-electron chi connectivity index (χ3n) is 6.28. The van der Waals surface area contributed by atoms with Crippen molar-refractivity contribution in [3.05, 3.63) is 122 Å². The van der Waals surface area contributed by atoms with Crippen molar-refractivity contribution < 1.29 is 4.74 Å². The molecule has 0 radical (unpaired) electrons. The third kappa shape index (κ3) is 5.21. The van der Waals surface area contributed by atoms with Crippen molar-refractivity contribution in [3.63, 3.8) is 0 Å². The Labute approximate surface area is 235 Å². The van der Waals surface area contributed by atoms with E-state index in [1.807, 2.05) is 123 Å². The summed E-state index contributed by atoms with van der Waals surface area (Å²) in [4.78, 5) is 18.4. The van der Waals surface area contributed by atoms with Gasteiger partial charge in [0.2, 0.25) is 4.96 Å². The molecule has 0 saturated heterocycles. The Morgan fingerprint density at radius 2 is 1.68 bits per heavy atom. The first-order chi connectivity index (χ1) is 19.4. The van der Waals surface area contributed by atoms with Gasteiger partial charge in [-0.1, -0.05) is 65.9 Å². The van der Waals surface area contributed by atoms with Crippen molar-refractivity contribution in [2.75, 3.05) is 0 Å². The lowest BCUT2D eigenvalue weighted by Gasteiger charge is -2.13. The molecule has 6 aromatic rings. The summed E-state index contributed by atoms with van der Waals surface area (Å²) in [5.41, 5.74) is 5.32. The standard InChI is InChI=1S/C32H27N5O2S/c1-21(2)39-27-16-15-24(18-22(27)3)30-25(20-36(35-30)26-12-8-5-9-13-26)19-28-31(38)37-32(40-28)33-29(34-37)17-14-23-10-6-4-7-11-23/h4-21H,1-3H3/b17-14+,28-19-. The Kier molecular flexibility index (Phi) is 6.84. The Bertz CT molecular complexity index is 1940. The molecule has 0 saturated carbocycles. The lowest BCUT2D eigenvalue weighted by Crippen LogP contribution is -2.23. The summed E-state index contributed by atoms with van der Waals surface area (Å²) in [7, 11) is 0. The number of rotatable bonds is 7. The van der Waals surface area contributed by atoms with E-state index in [0.29, 0.717) is 15.3 Å². The fourth-order valence-corrected chi connectivity index (χ4v) is 5.31.